The number of aromatic nitrogens is 2. The zero-order chi connectivity index (χ0) is 19.4. The summed E-state index contributed by atoms with van der Waals surface area (Å²) in [6, 6.07) is 13.0. The smallest absolute Gasteiger partial charge is 0.267 e. The Kier molecular flexibility index (Phi) is 6.09. The number of nitrogens with zero attached hydrogens (tertiary/aromatic N) is 2. The van der Waals surface area contributed by atoms with Crippen LogP contribution < -0.4 is 10.9 Å². The molecule has 1 fully saturated rings. The Morgan fingerprint density at radius 2 is 1.93 bits per heavy atom. The highest BCUT2D eigenvalue weighted by Gasteiger charge is 2.31. The second-order valence-corrected chi connectivity index (χ2v) is 8.08. The maximum Gasteiger partial charge on any atom is 0.267 e. The zero-order valence-corrected chi connectivity index (χ0v) is 16.4. The Morgan fingerprint density at radius 1 is 1.19 bits per heavy atom. The SMILES string of the molecule is CC1CCC(C(C)C)C(NC(=O)Cn2nc(-c3ccccc3)ccc2=O)C1. The molecule has 0 saturated heterocycles. The van der Waals surface area contributed by atoms with Crippen molar-refractivity contribution < 1.29 is 4.79 Å². The van der Waals surface area contributed by atoms with Gasteiger partial charge in [-0.05, 0) is 36.7 Å². The molecule has 27 heavy (non-hydrogen) atoms. The molecule has 5 nitrogen and oxygen atoms in total. The van der Waals surface area contributed by atoms with Crippen molar-refractivity contribution in [3.05, 3.63) is 52.8 Å². The summed E-state index contributed by atoms with van der Waals surface area (Å²) >= 11 is 0. The molecule has 0 spiro atoms. The van der Waals surface area contributed by atoms with Gasteiger partial charge in [-0.25, -0.2) is 4.68 Å². The van der Waals surface area contributed by atoms with E-state index in [4.69, 9.17) is 0 Å². The molecule has 3 atom stereocenters. The standard InChI is InChI=1S/C22H29N3O2/c1-15(2)18-10-9-16(3)13-20(18)23-21(26)14-25-22(27)12-11-19(24-25)17-7-5-4-6-8-17/h4-8,11-12,15-16,18,20H,9-10,13-14H2,1-3H3,(H,23,26). The predicted molar refractivity (Wildman–Crippen MR) is 107 cm³/mol. The molecule has 2 aromatic rings. The number of carbonyl (C=O) groups excluding carboxylic acids is 1. The highest BCUT2D eigenvalue weighted by atomic mass is 16.2. The van der Waals surface area contributed by atoms with Crippen molar-refractivity contribution in [1.82, 2.24) is 15.1 Å². The van der Waals surface area contributed by atoms with Crippen LogP contribution >= 0.6 is 0 Å². The lowest BCUT2D eigenvalue weighted by Crippen LogP contribution is -2.47. The van der Waals surface area contributed by atoms with E-state index < -0.39 is 0 Å². The number of carbonyl (C=O) groups is 1. The first-order chi connectivity index (χ1) is 12.9. The van der Waals surface area contributed by atoms with Gasteiger partial charge in [0.1, 0.15) is 6.54 Å². The normalized spacial score (nSPS) is 22.6. The fraction of sp³-hybridized carbons (Fsp3) is 0.500. The number of hydrogen-bond acceptors (Lipinski definition) is 3. The maximum absolute atomic E-state index is 12.6. The van der Waals surface area contributed by atoms with Gasteiger partial charge >= 0.3 is 0 Å². The van der Waals surface area contributed by atoms with Crippen molar-refractivity contribution in [2.24, 2.45) is 17.8 Å². The molecule has 0 aliphatic heterocycles. The minimum absolute atomic E-state index is 0.0464. The molecule has 0 bridgehead atoms. The van der Waals surface area contributed by atoms with E-state index in [1.807, 2.05) is 30.3 Å². The van der Waals surface area contributed by atoms with Crippen LogP contribution in [0.4, 0.5) is 0 Å². The summed E-state index contributed by atoms with van der Waals surface area (Å²) in [6.07, 6.45) is 3.36. The summed E-state index contributed by atoms with van der Waals surface area (Å²) in [6.45, 7) is 6.63. The van der Waals surface area contributed by atoms with Crippen LogP contribution in [0.5, 0.6) is 0 Å². The van der Waals surface area contributed by atoms with E-state index in [1.165, 1.54) is 17.2 Å². The quantitative estimate of drug-likeness (QED) is 0.880. The van der Waals surface area contributed by atoms with E-state index in [9.17, 15) is 9.59 Å². The average Bonchev–Trinajstić information content (AvgIpc) is 2.64. The molecule has 1 N–H and O–H groups in total. The summed E-state index contributed by atoms with van der Waals surface area (Å²) in [7, 11) is 0. The molecular weight excluding hydrogens is 338 g/mol. The molecule has 1 saturated carbocycles. The number of benzene rings is 1. The van der Waals surface area contributed by atoms with Gasteiger partial charge in [0.25, 0.3) is 5.56 Å². The number of rotatable bonds is 5. The minimum atomic E-state index is -0.262. The highest BCUT2D eigenvalue weighted by Crippen LogP contribution is 2.33. The first-order valence-electron chi connectivity index (χ1n) is 9.87. The molecule has 0 radical (unpaired) electrons. The van der Waals surface area contributed by atoms with E-state index in [2.05, 4.69) is 31.2 Å². The molecule has 1 aliphatic rings. The lowest BCUT2D eigenvalue weighted by atomic mass is 9.74. The van der Waals surface area contributed by atoms with Crippen LogP contribution in [0.3, 0.4) is 0 Å². The van der Waals surface area contributed by atoms with Gasteiger partial charge in [-0.3, -0.25) is 9.59 Å². The third kappa shape index (κ3) is 4.85. The van der Waals surface area contributed by atoms with E-state index in [-0.39, 0.29) is 24.1 Å². The van der Waals surface area contributed by atoms with Crippen molar-refractivity contribution in [2.75, 3.05) is 0 Å². The molecule has 1 heterocycles. The van der Waals surface area contributed by atoms with Gasteiger partial charge in [-0.15, -0.1) is 0 Å². The van der Waals surface area contributed by atoms with Crippen LogP contribution in [0.15, 0.2) is 47.3 Å². The van der Waals surface area contributed by atoms with Crippen LogP contribution in [-0.4, -0.2) is 21.7 Å². The Morgan fingerprint density at radius 3 is 2.63 bits per heavy atom. The van der Waals surface area contributed by atoms with Crippen LogP contribution in [-0.2, 0) is 11.3 Å². The topological polar surface area (TPSA) is 64.0 Å². The van der Waals surface area contributed by atoms with Crippen LogP contribution in [0.2, 0.25) is 0 Å². The van der Waals surface area contributed by atoms with Gasteiger partial charge in [0.2, 0.25) is 5.91 Å². The van der Waals surface area contributed by atoms with Crippen molar-refractivity contribution in [1.29, 1.82) is 0 Å². The number of amides is 1. The zero-order valence-electron chi connectivity index (χ0n) is 16.4. The molecule has 144 valence electrons. The van der Waals surface area contributed by atoms with E-state index in [1.54, 1.807) is 6.07 Å². The van der Waals surface area contributed by atoms with Gasteiger partial charge in [0, 0.05) is 17.7 Å². The van der Waals surface area contributed by atoms with E-state index >= 15 is 0 Å². The van der Waals surface area contributed by atoms with Gasteiger partial charge in [0.15, 0.2) is 0 Å². The highest BCUT2D eigenvalue weighted by molar-refractivity contribution is 5.76. The monoisotopic (exact) mass is 367 g/mol. The molecule has 1 aromatic carbocycles. The summed E-state index contributed by atoms with van der Waals surface area (Å²) in [5.74, 6) is 1.50. The number of hydrogen-bond donors (Lipinski definition) is 1. The molecule has 1 aliphatic carbocycles. The van der Waals surface area contributed by atoms with Crippen LogP contribution in [0.1, 0.15) is 40.0 Å². The van der Waals surface area contributed by atoms with Crippen molar-refractivity contribution in [3.8, 4) is 11.3 Å². The molecule has 3 rings (SSSR count). The largest absolute Gasteiger partial charge is 0.351 e. The van der Waals surface area contributed by atoms with Gasteiger partial charge in [0.05, 0.1) is 5.69 Å². The molecule has 3 unspecified atom stereocenters. The minimum Gasteiger partial charge on any atom is -0.351 e. The second kappa shape index (κ2) is 8.51. The third-order valence-electron chi connectivity index (χ3n) is 5.60. The Hall–Kier alpha value is -2.43. The van der Waals surface area contributed by atoms with E-state index in [0.717, 1.165) is 18.4 Å². The molecule has 5 heteroatoms. The second-order valence-electron chi connectivity index (χ2n) is 8.08. The first-order valence-corrected chi connectivity index (χ1v) is 9.87. The average molecular weight is 367 g/mol. The van der Waals surface area contributed by atoms with Gasteiger partial charge in [-0.1, -0.05) is 57.5 Å². The fourth-order valence-corrected chi connectivity index (χ4v) is 4.08. The summed E-state index contributed by atoms with van der Waals surface area (Å²) in [5, 5.41) is 7.57. The van der Waals surface area contributed by atoms with Crippen molar-refractivity contribution in [3.63, 3.8) is 0 Å². The number of nitrogens with one attached hydrogen (secondary N) is 1. The fourth-order valence-electron chi connectivity index (χ4n) is 4.08. The van der Waals surface area contributed by atoms with Crippen molar-refractivity contribution >= 4 is 5.91 Å². The van der Waals surface area contributed by atoms with Crippen molar-refractivity contribution in [2.45, 2.75) is 52.6 Å². The molecule has 1 amide bonds. The Balaban J connectivity index is 1.73. The molecular formula is C22H29N3O2. The van der Waals surface area contributed by atoms with Gasteiger partial charge < -0.3 is 5.32 Å². The van der Waals surface area contributed by atoms with Crippen LogP contribution in [0, 0.1) is 17.8 Å². The third-order valence-corrected chi connectivity index (χ3v) is 5.60. The predicted octanol–water partition coefficient (Wildman–Crippen LogP) is 3.49. The van der Waals surface area contributed by atoms with Gasteiger partial charge in [-0.2, -0.15) is 5.10 Å². The van der Waals surface area contributed by atoms with Crippen LogP contribution in [0.25, 0.3) is 11.3 Å². The Bertz CT molecular complexity index is 829. The molecule has 1 aromatic heterocycles. The summed E-state index contributed by atoms with van der Waals surface area (Å²) in [5.41, 5.74) is 1.35. The summed E-state index contributed by atoms with van der Waals surface area (Å²) in [4.78, 5) is 24.8. The lowest BCUT2D eigenvalue weighted by Gasteiger charge is -2.37. The summed E-state index contributed by atoms with van der Waals surface area (Å²) < 4.78 is 1.26. The Labute approximate surface area is 160 Å². The lowest BCUT2D eigenvalue weighted by molar-refractivity contribution is -0.123. The van der Waals surface area contributed by atoms with E-state index in [0.29, 0.717) is 23.4 Å². The maximum atomic E-state index is 12.6. The first kappa shape index (κ1) is 19.3.